The molecule has 17 heavy (non-hydrogen) atoms. The average Bonchev–Trinajstić information content (AvgIpc) is 2.26. The zero-order valence-electron chi connectivity index (χ0n) is 10.4. The van der Waals surface area contributed by atoms with E-state index < -0.39 is 0 Å². The van der Waals surface area contributed by atoms with Crippen molar-refractivity contribution in [3.63, 3.8) is 0 Å². The largest absolute Gasteiger partial charge is 0.485 e. The third kappa shape index (κ3) is 5.28. The molecule has 0 heterocycles. The van der Waals surface area contributed by atoms with Crippen LogP contribution in [-0.4, -0.2) is 19.7 Å². The third-order valence-electron chi connectivity index (χ3n) is 2.47. The smallest absolute Gasteiger partial charge is 0.152 e. The molecular weight excluding hydrogens is 302 g/mol. The Morgan fingerprint density at radius 1 is 1.35 bits per heavy atom. The normalized spacial score (nSPS) is 10.6. The molecule has 0 atom stereocenters. The highest BCUT2D eigenvalue weighted by atomic mass is 79.9. The Kier molecular flexibility index (Phi) is 6.93. The summed E-state index contributed by atoms with van der Waals surface area (Å²) in [6, 6.07) is 3.93. The molecule has 0 amide bonds. The molecule has 2 nitrogen and oxygen atoms in total. The Balaban J connectivity index is 2.36. The Morgan fingerprint density at radius 3 is 2.76 bits per heavy atom. The van der Waals surface area contributed by atoms with E-state index in [1.165, 1.54) is 19.4 Å². The first-order chi connectivity index (χ1) is 8.15. The molecule has 0 aliphatic heterocycles. The maximum absolute atomic E-state index is 6.13. The lowest BCUT2D eigenvalue weighted by Crippen LogP contribution is -2.85. The fourth-order valence-corrected chi connectivity index (χ4v) is 2.69. The Hall–Kier alpha value is -0.250. The molecule has 0 fully saturated rings. The van der Waals surface area contributed by atoms with Crippen LogP contribution in [0.4, 0.5) is 0 Å². The summed E-state index contributed by atoms with van der Waals surface area (Å²) in [4.78, 5) is 0. The van der Waals surface area contributed by atoms with Crippen molar-refractivity contribution in [3.8, 4) is 5.75 Å². The SMILES string of the molecule is CCCC[NH2+]CCOc1c(Cl)cc(C)cc1Br. The molecule has 1 aromatic carbocycles. The van der Waals surface area contributed by atoms with Gasteiger partial charge in [0.2, 0.25) is 0 Å². The van der Waals surface area contributed by atoms with E-state index in [9.17, 15) is 0 Å². The van der Waals surface area contributed by atoms with Gasteiger partial charge in [-0.1, -0.05) is 24.9 Å². The fraction of sp³-hybridized carbons (Fsp3) is 0.538. The van der Waals surface area contributed by atoms with Gasteiger partial charge in [-0.25, -0.2) is 0 Å². The number of unbranched alkanes of at least 4 members (excludes halogenated alkanes) is 1. The van der Waals surface area contributed by atoms with Crippen LogP contribution in [-0.2, 0) is 0 Å². The highest BCUT2D eigenvalue weighted by molar-refractivity contribution is 9.10. The van der Waals surface area contributed by atoms with Crippen LogP contribution < -0.4 is 10.1 Å². The van der Waals surface area contributed by atoms with Crippen molar-refractivity contribution in [3.05, 3.63) is 27.2 Å². The predicted octanol–water partition coefficient (Wildman–Crippen LogP) is 3.15. The molecule has 0 aliphatic rings. The molecule has 0 saturated carbocycles. The van der Waals surface area contributed by atoms with E-state index in [4.69, 9.17) is 16.3 Å². The van der Waals surface area contributed by atoms with Crippen molar-refractivity contribution in [1.29, 1.82) is 0 Å². The van der Waals surface area contributed by atoms with E-state index in [2.05, 4.69) is 28.2 Å². The van der Waals surface area contributed by atoms with E-state index in [1.54, 1.807) is 0 Å². The topological polar surface area (TPSA) is 25.8 Å². The predicted molar refractivity (Wildman–Crippen MR) is 76.0 cm³/mol. The molecule has 96 valence electrons. The first kappa shape index (κ1) is 14.8. The lowest BCUT2D eigenvalue weighted by Gasteiger charge is -2.10. The molecule has 0 radical (unpaired) electrons. The van der Waals surface area contributed by atoms with Gasteiger partial charge in [-0.15, -0.1) is 0 Å². The molecular formula is C13H20BrClNO+. The number of halogens is 2. The second-order valence-corrected chi connectivity index (χ2v) is 5.39. The average molecular weight is 322 g/mol. The maximum Gasteiger partial charge on any atom is 0.152 e. The van der Waals surface area contributed by atoms with Gasteiger partial charge in [0.05, 0.1) is 16.0 Å². The van der Waals surface area contributed by atoms with Crippen molar-refractivity contribution in [1.82, 2.24) is 0 Å². The fourth-order valence-electron chi connectivity index (χ4n) is 1.56. The van der Waals surface area contributed by atoms with Crippen LogP contribution in [0.2, 0.25) is 5.02 Å². The molecule has 0 aliphatic carbocycles. The monoisotopic (exact) mass is 320 g/mol. The zero-order valence-corrected chi connectivity index (χ0v) is 12.8. The minimum atomic E-state index is 0.672. The molecule has 0 spiro atoms. The number of benzene rings is 1. The Morgan fingerprint density at radius 2 is 2.12 bits per heavy atom. The van der Waals surface area contributed by atoms with Gasteiger partial charge in [-0.2, -0.15) is 0 Å². The summed E-state index contributed by atoms with van der Waals surface area (Å²) in [7, 11) is 0. The van der Waals surface area contributed by atoms with Crippen LogP contribution in [0.5, 0.6) is 5.75 Å². The van der Waals surface area contributed by atoms with Gasteiger partial charge in [0, 0.05) is 0 Å². The summed E-state index contributed by atoms with van der Waals surface area (Å²) >= 11 is 9.60. The molecule has 0 aromatic heterocycles. The van der Waals surface area contributed by atoms with Gasteiger partial charge in [0.15, 0.2) is 5.75 Å². The maximum atomic E-state index is 6.13. The second-order valence-electron chi connectivity index (χ2n) is 4.13. The van der Waals surface area contributed by atoms with Crippen LogP contribution in [0, 0.1) is 6.92 Å². The standard InChI is InChI=1S/C13H19BrClNO/c1-3-4-5-16-6-7-17-13-11(14)8-10(2)9-12(13)15/h8-9,16H,3-7H2,1-2H3/p+1. The number of hydrogen-bond acceptors (Lipinski definition) is 1. The van der Waals surface area contributed by atoms with Crippen molar-refractivity contribution in [2.24, 2.45) is 0 Å². The van der Waals surface area contributed by atoms with E-state index in [-0.39, 0.29) is 0 Å². The number of nitrogens with two attached hydrogens (primary N) is 1. The molecule has 0 saturated heterocycles. The number of aryl methyl sites for hydroxylation is 1. The Bertz CT molecular complexity index is 334. The summed E-state index contributed by atoms with van der Waals surface area (Å²) in [5.41, 5.74) is 1.13. The van der Waals surface area contributed by atoms with Crippen LogP contribution in [0.25, 0.3) is 0 Å². The van der Waals surface area contributed by atoms with Gasteiger partial charge in [0.25, 0.3) is 0 Å². The summed E-state index contributed by atoms with van der Waals surface area (Å²) in [5.74, 6) is 0.751. The van der Waals surface area contributed by atoms with Crippen molar-refractivity contribution >= 4 is 27.5 Å². The van der Waals surface area contributed by atoms with Crippen molar-refractivity contribution in [2.45, 2.75) is 26.7 Å². The Labute approximate surface area is 117 Å². The lowest BCUT2D eigenvalue weighted by molar-refractivity contribution is -0.655. The number of quaternary nitrogens is 1. The molecule has 1 rings (SSSR count). The van der Waals surface area contributed by atoms with Crippen molar-refractivity contribution in [2.75, 3.05) is 19.7 Å². The molecule has 1 aromatic rings. The zero-order chi connectivity index (χ0) is 12.7. The van der Waals surface area contributed by atoms with Crippen LogP contribution in [0.3, 0.4) is 0 Å². The first-order valence-electron chi connectivity index (χ1n) is 6.05. The van der Waals surface area contributed by atoms with E-state index in [1.807, 2.05) is 19.1 Å². The molecule has 2 N–H and O–H groups in total. The van der Waals surface area contributed by atoms with Gasteiger partial charge in [-0.3, -0.25) is 0 Å². The minimum Gasteiger partial charge on any atom is -0.485 e. The van der Waals surface area contributed by atoms with E-state index >= 15 is 0 Å². The van der Waals surface area contributed by atoms with Gasteiger partial charge in [0.1, 0.15) is 13.2 Å². The molecule has 0 bridgehead atoms. The highest BCUT2D eigenvalue weighted by Gasteiger charge is 2.07. The molecule has 0 unspecified atom stereocenters. The first-order valence-corrected chi connectivity index (χ1v) is 7.22. The second kappa shape index (κ2) is 7.96. The van der Waals surface area contributed by atoms with Gasteiger partial charge >= 0.3 is 0 Å². The number of ether oxygens (including phenoxy) is 1. The van der Waals surface area contributed by atoms with Gasteiger partial charge in [-0.05, 0) is 47.0 Å². The summed E-state index contributed by atoms with van der Waals surface area (Å²) in [5, 5.41) is 2.95. The summed E-state index contributed by atoms with van der Waals surface area (Å²) in [6.45, 7) is 7.04. The minimum absolute atomic E-state index is 0.672. The van der Waals surface area contributed by atoms with Gasteiger partial charge < -0.3 is 10.1 Å². The summed E-state index contributed by atoms with van der Waals surface area (Å²) in [6.07, 6.45) is 2.50. The van der Waals surface area contributed by atoms with E-state index in [0.717, 1.165) is 22.3 Å². The number of rotatable bonds is 7. The summed E-state index contributed by atoms with van der Waals surface area (Å²) < 4.78 is 6.62. The van der Waals surface area contributed by atoms with Crippen LogP contribution in [0.1, 0.15) is 25.3 Å². The third-order valence-corrected chi connectivity index (χ3v) is 3.34. The quantitative estimate of drug-likeness (QED) is 0.767. The van der Waals surface area contributed by atoms with Crippen LogP contribution in [0.15, 0.2) is 16.6 Å². The van der Waals surface area contributed by atoms with Crippen LogP contribution >= 0.6 is 27.5 Å². The molecule has 4 heteroatoms. The lowest BCUT2D eigenvalue weighted by atomic mass is 10.2. The number of hydrogen-bond donors (Lipinski definition) is 1. The van der Waals surface area contributed by atoms with Crippen molar-refractivity contribution < 1.29 is 10.1 Å². The highest BCUT2D eigenvalue weighted by Crippen LogP contribution is 2.34. The van der Waals surface area contributed by atoms with E-state index in [0.29, 0.717) is 11.6 Å².